The minimum atomic E-state index is -0.607. The van der Waals surface area contributed by atoms with Crippen molar-refractivity contribution in [3.05, 3.63) is 41.1 Å². The third-order valence-electron chi connectivity index (χ3n) is 7.57. The molecule has 10 heteroatoms. The Morgan fingerprint density at radius 1 is 1.27 bits per heavy atom. The topological polar surface area (TPSA) is 97.5 Å². The molecule has 0 spiro atoms. The third kappa shape index (κ3) is 3.47. The lowest BCUT2D eigenvalue weighted by atomic mass is 9.94. The van der Waals surface area contributed by atoms with Gasteiger partial charge in [-0.15, -0.1) is 0 Å². The van der Waals surface area contributed by atoms with Gasteiger partial charge in [-0.3, -0.25) is 14.8 Å². The van der Waals surface area contributed by atoms with Crippen LogP contribution in [-0.2, 0) is 12.1 Å². The summed E-state index contributed by atoms with van der Waals surface area (Å²) in [6, 6.07) is 2.64. The highest BCUT2D eigenvalue weighted by Crippen LogP contribution is 2.42. The molecule has 0 saturated carbocycles. The Kier molecular flexibility index (Phi) is 4.97. The number of hydrogen-bond donors (Lipinski definition) is 2. The normalized spacial score (nSPS) is 26.3. The van der Waals surface area contributed by atoms with Crippen molar-refractivity contribution in [3.8, 4) is 0 Å². The molecule has 0 radical (unpaired) electrons. The molecule has 2 atom stereocenters. The maximum atomic E-state index is 13.8. The summed E-state index contributed by atoms with van der Waals surface area (Å²) in [5.74, 6) is -0.624. The lowest BCUT2D eigenvalue weighted by Gasteiger charge is -2.50. The number of urea groups is 1. The van der Waals surface area contributed by atoms with Gasteiger partial charge in [0.2, 0.25) is 0 Å². The minimum absolute atomic E-state index is 0.00218. The van der Waals surface area contributed by atoms with Crippen LogP contribution in [-0.4, -0.2) is 73.0 Å². The average Bonchev–Trinajstić information content (AvgIpc) is 3.41. The van der Waals surface area contributed by atoms with E-state index in [1.54, 1.807) is 0 Å². The fraction of sp³-hybridized carbons (Fsp3) is 0.565. The van der Waals surface area contributed by atoms with Gasteiger partial charge in [0, 0.05) is 30.2 Å². The molecule has 9 nitrogen and oxygen atoms in total. The van der Waals surface area contributed by atoms with Gasteiger partial charge in [-0.05, 0) is 59.2 Å². The Labute approximate surface area is 192 Å². The predicted molar refractivity (Wildman–Crippen MR) is 120 cm³/mol. The molecule has 176 valence electrons. The number of carbonyl (C=O) groups excluding carboxylic acids is 2. The van der Waals surface area contributed by atoms with Crippen LogP contribution in [0.2, 0.25) is 0 Å². The molecule has 3 amide bonds. The molecule has 0 aromatic carbocycles. The summed E-state index contributed by atoms with van der Waals surface area (Å²) in [6.45, 7) is 11.4. The Balaban J connectivity index is 1.36. The van der Waals surface area contributed by atoms with Crippen molar-refractivity contribution in [2.24, 2.45) is 0 Å². The van der Waals surface area contributed by atoms with E-state index in [2.05, 4.69) is 39.2 Å². The van der Waals surface area contributed by atoms with Gasteiger partial charge in [-0.2, -0.15) is 5.10 Å². The van der Waals surface area contributed by atoms with Crippen molar-refractivity contribution < 1.29 is 14.0 Å². The predicted octanol–water partition coefficient (Wildman–Crippen LogP) is 2.93. The molecule has 2 saturated heterocycles. The zero-order valence-electron chi connectivity index (χ0n) is 19.5. The largest absolute Gasteiger partial charge is 0.321 e. The summed E-state index contributed by atoms with van der Waals surface area (Å²) in [4.78, 5) is 36.6. The van der Waals surface area contributed by atoms with Gasteiger partial charge in [-0.1, -0.05) is 0 Å². The number of nitrogens with zero attached hydrogens (tertiary/aromatic N) is 5. The molecule has 2 aromatic rings. The van der Waals surface area contributed by atoms with Crippen molar-refractivity contribution in [3.63, 3.8) is 0 Å². The Bertz CT molecular complexity index is 1100. The number of halogens is 1. The van der Waals surface area contributed by atoms with Crippen LogP contribution < -0.4 is 5.32 Å². The fourth-order valence-corrected chi connectivity index (χ4v) is 5.53. The molecular formula is C23H30FN7O2. The van der Waals surface area contributed by atoms with Crippen LogP contribution in [0.5, 0.6) is 0 Å². The molecule has 0 aliphatic carbocycles. The van der Waals surface area contributed by atoms with Crippen LogP contribution in [0.15, 0.2) is 18.3 Å². The lowest BCUT2D eigenvalue weighted by Crippen LogP contribution is -2.65. The summed E-state index contributed by atoms with van der Waals surface area (Å²) >= 11 is 0. The van der Waals surface area contributed by atoms with Gasteiger partial charge in [-0.25, -0.2) is 14.2 Å². The maximum absolute atomic E-state index is 13.8. The minimum Gasteiger partial charge on any atom is -0.319 e. The van der Waals surface area contributed by atoms with Crippen molar-refractivity contribution in [2.75, 3.05) is 25.0 Å². The van der Waals surface area contributed by atoms with Crippen LogP contribution in [0.4, 0.5) is 15.0 Å². The summed E-state index contributed by atoms with van der Waals surface area (Å²) in [5, 5.41) is 10.1. The smallest absolute Gasteiger partial charge is 0.319 e. The molecule has 33 heavy (non-hydrogen) atoms. The quantitative estimate of drug-likeness (QED) is 0.726. The second-order valence-electron chi connectivity index (χ2n) is 10.2. The number of carbonyl (C=O) groups is 2. The van der Waals surface area contributed by atoms with E-state index in [1.807, 2.05) is 23.6 Å². The SMILES string of the molecule is C[C@H]1CN2CCCC2(C)CN1C(=O)N1Cc2c(NC(=O)c3ccc(F)cn3)n[nH]c2C1(C)C. The molecule has 5 rings (SSSR count). The molecule has 0 bridgehead atoms. The number of pyridine rings is 1. The van der Waals surface area contributed by atoms with E-state index in [1.165, 1.54) is 18.6 Å². The zero-order chi connectivity index (χ0) is 23.5. The Morgan fingerprint density at radius 2 is 2.06 bits per heavy atom. The summed E-state index contributed by atoms with van der Waals surface area (Å²) in [6.07, 6.45) is 3.27. The van der Waals surface area contributed by atoms with E-state index < -0.39 is 17.3 Å². The van der Waals surface area contributed by atoms with Gasteiger partial charge < -0.3 is 15.1 Å². The first kappa shape index (κ1) is 21.8. The standard InChI is InChI=1S/C23H30FN7O2/c1-14-11-29-9-5-8-23(29,4)13-30(14)21(33)31-12-16-18(22(31,2)3)27-28-19(16)26-20(32)17-7-6-15(24)10-25-17/h6-7,10,14H,5,8-9,11-13H2,1-4H3,(H2,26,27,28,32)/t14-,23?/m0/s1. The van der Waals surface area contributed by atoms with Crippen molar-refractivity contribution in [1.82, 2.24) is 29.9 Å². The van der Waals surface area contributed by atoms with Gasteiger partial charge in [0.1, 0.15) is 11.5 Å². The van der Waals surface area contributed by atoms with Crippen LogP contribution in [0.25, 0.3) is 0 Å². The van der Waals surface area contributed by atoms with Gasteiger partial charge in [0.25, 0.3) is 5.91 Å². The van der Waals surface area contributed by atoms with E-state index >= 15 is 0 Å². The number of amides is 3. The average molecular weight is 456 g/mol. The van der Waals surface area contributed by atoms with Gasteiger partial charge in [0.05, 0.1) is 24.0 Å². The number of H-pyrrole nitrogens is 1. The first-order valence-corrected chi connectivity index (χ1v) is 11.4. The lowest BCUT2D eigenvalue weighted by molar-refractivity contribution is 0.00691. The fourth-order valence-electron chi connectivity index (χ4n) is 5.53. The molecule has 3 aliphatic rings. The first-order valence-electron chi connectivity index (χ1n) is 11.4. The van der Waals surface area contributed by atoms with E-state index in [-0.39, 0.29) is 23.3 Å². The van der Waals surface area contributed by atoms with Crippen LogP contribution in [0.1, 0.15) is 62.3 Å². The number of fused-ring (bicyclic) bond motifs is 2. The highest BCUT2D eigenvalue weighted by Gasteiger charge is 2.50. The Hall–Kier alpha value is -3.01. The molecule has 2 aromatic heterocycles. The second-order valence-corrected chi connectivity index (χ2v) is 10.2. The first-order chi connectivity index (χ1) is 15.6. The number of aromatic amines is 1. The number of rotatable bonds is 2. The summed E-state index contributed by atoms with van der Waals surface area (Å²) < 4.78 is 13.1. The molecule has 2 fully saturated rings. The van der Waals surface area contributed by atoms with Gasteiger partial charge >= 0.3 is 6.03 Å². The number of piperazine rings is 1. The van der Waals surface area contributed by atoms with Crippen molar-refractivity contribution in [2.45, 2.75) is 64.2 Å². The molecule has 3 aliphatic heterocycles. The zero-order valence-corrected chi connectivity index (χ0v) is 19.5. The summed E-state index contributed by atoms with van der Waals surface area (Å²) in [5.41, 5.74) is 1.10. The molecular weight excluding hydrogens is 425 g/mol. The number of anilines is 1. The highest BCUT2D eigenvalue weighted by molar-refractivity contribution is 6.02. The third-order valence-corrected chi connectivity index (χ3v) is 7.57. The van der Waals surface area contributed by atoms with Crippen molar-refractivity contribution in [1.29, 1.82) is 0 Å². The monoisotopic (exact) mass is 455 g/mol. The molecule has 5 heterocycles. The van der Waals surface area contributed by atoms with Crippen LogP contribution in [0.3, 0.4) is 0 Å². The van der Waals surface area contributed by atoms with E-state index in [0.717, 1.165) is 37.0 Å². The second kappa shape index (κ2) is 7.51. The van der Waals surface area contributed by atoms with E-state index in [4.69, 9.17) is 0 Å². The number of nitrogens with one attached hydrogen (secondary N) is 2. The van der Waals surface area contributed by atoms with Gasteiger partial charge in [0.15, 0.2) is 5.82 Å². The number of hydrogen-bond acceptors (Lipinski definition) is 5. The van der Waals surface area contributed by atoms with Crippen LogP contribution >= 0.6 is 0 Å². The molecule has 2 N–H and O–H groups in total. The maximum Gasteiger partial charge on any atom is 0.321 e. The number of aromatic nitrogens is 3. The van der Waals surface area contributed by atoms with E-state index in [9.17, 15) is 14.0 Å². The highest BCUT2D eigenvalue weighted by atomic mass is 19.1. The Morgan fingerprint density at radius 3 is 2.79 bits per heavy atom. The summed E-state index contributed by atoms with van der Waals surface area (Å²) in [7, 11) is 0. The van der Waals surface area contributed by atoms with Crippen LogP contribution in [0, 0.1) is 5.82 Å². The van der Waals surface area contributed by atoms with Crippen molar-refractivity contribution >= 4 is 17.8 Å². The molecule has 1 unspecified atom stereocenters. The van der Waals surface area contributed by atoms with E-state index in [0.29, 0.717) is 18.9 Å².